The average molecular weight is 924 g/mol. The number of amides is 2. The minimum atomic E-state index is -6.18. The van der Waals surface area contributed by atoms with E-state index in [1.807, 2.05) is 13.8 Å². The number of carbonyl (C=O) groups excluding carboxylic acids is 2. The Labute approximate surface area is 369 Å². The number of allylic oxidation sites excluding steroid dienone is 2. The van der Waals surface area contributed by atoms with Crippen LogP contribution in [0, 0.1) is 10.8 Å². The molecule has 0 heterocycles. The average Bonchev–Trinajstić information content (AvgIpc) is 3.84. The molecule has 2 aliphatic carbocycles. The molecule has 0 saturated heterocycles. The van der Waals surface area contributed by atoms with Crippen LogP contribution in [0.15, 0.2) is 96.1 Å². The number of hydrogen-bond acceptors (Lipinski definition) is 2. The summed E-state index contributed by atoms with van der Waals surface area (Å²) in [7, 11) is 18.2. The van der Waals surface area contributed by atoms with Crippen LogP contribution in [-0.2, 0) is 38.6 Å². The second kappa shape index (κ2) is 18.3. The molecular weight excluding hydrogens is 858 g/mol. The second-order valence-electron chi connectivity index (χ2n) is 19.2. The van der Waals surface area contributed by atoms with Crippen LogP contribution >= 0.6 is 17.0 Å². The summed E-state index contributed by atoms with van der Waals surface area (Å²) in [6.45, 7) is 21.6. The normalized spacial score (nSPS) is 16.9. The van der Waals surface area contributed by atoms with Crippen LogP contribution in [0.4, 0.5) is 0 Å². The Kier molecular flexibility index (Phi) is 14.1. The third-order valence-electron chi connectivity index (χ3n) is 13.0. The summed E-state index contributed by atoms with van der Waals surface area (Å²) in [4.78, 5) is 27.8. The van der Waals surface area contributed by atoms with Gasteiger partial charge in [0.05, 0.1) is 0 Å². The molecule has 0 aromatic heterocycles. The molecule has 2 aliphatic rings. The van der Waals surface area contributed by atoms with Gasteiger partial charge in [-0.05, 0) is 0 Å². The number of unbranched alkanes of at least 4 members (excludes halogenated alkanes) is 2. The van der Waals surface area contributed by atoms with Crippen molar-refractivity contribution in [3.8, 4) is 22.3 Å². The van der Waals surface area contributed by atoms with Gasteiger partial charge in [-0.3, -0.25) is 0 Å². The predicted octanol–water partition coefficient (Wildman–Crippen LogP) is 14.4. The van der Waals surface area contributed by atoms with E-state index in [2.05, 4.69) is 163 Å². The first-order chi connectivity index (χ1) is 28.4. The van der Waals surface area contributed by atoms with Crippen LogP contribution in [0.5, 0.6) is 0 Å². The van der Waals surface area contributed by atoms with Gasteiger partial charge in [-0.1, -0.05) is 0 Å². The number of halogens is 2. The van der Waals surface area contributed by atoms with Gasteiger partial charge in [0.15, 0.2) is 0 Å². The van der Waals surface area contributed by atoms with E-state index in [9.17, 15) is 9.59 Å². The Morgan fingerprint density at radius 1 is 0.567 bits per heavy atom. The van der Waals surface area contributed by atoms with Crippen molar-refractivity contribution >= 4 is 45.5 Å². The molecule has 2 amide bonds. The van der Waals surface area contributed by atoms with E-state index < -0.39 is 27.9 Å². The molecule has 4 aromatic rings. The van der Waals surface area contributed by atoms with E-state index in [1.165, 1.54) is 22.3 Å². The van der Waals surface area contributed by atoms with E-state index in [0.717, 1.165) is 83.1 Å². The molecule has 0 saturated carbocycles. The molecule has 0 aliphatic heterocycles. The molecule has 2 atom stereocenters. The number of benzene rings is 4. The molecule has 60 heavy (non-hydrogen) atoms. The molecule has 4 aromatic carbocycles. The SMILES string of the molecule is CCCCc1ccccc1-c1cccc2c1C=C(C(C)(C)C)[CH]2[Zr]([Cl])([Cl])([B](NC(=O)CC)NC(=O)CC)[CH]1C(C(C)(C)C)=Cc2c(-c3ccccc3CCCC)cccc21. The Bertz CT molecular complexity index is 2160. The van der Waals surface area contributed by atoms with Crippen LogP contribution < -0.4 is 10.5 Å². The standard InChI is InChI=1S/2C23H27.C6H11BN2O2.2ClH.Zr/c2*1-5-6-10-17-11-7-8-13-20(17)21-14-9-12-18-15-19(16-22(18)21)23(2,3)4;1-3-5(10)8-7-9-6(11)4-2;;;/h2*7-9,11-16H,5-6,10H2,1-4H3;3-4H2,1-2H3,(H-,8,9,10,11);2*1H;/q;;;;;+1/p-1. The van der Waals surface area contributed by atoms with Crippen molar-refractivity contribution in [2.75, 3.05) is 0 Å². The van der Waals surface area contributed by atoms with Crippen LogP contribution in [0.25, 0.3) is 34.4 Å². The summed E-state index contributed by atoms with van der Waals surface area (Å²) in [6.07, 6.45) is 11.6. The van der Waals surface area contributed by atoms with Crippen molar-refractivity contribution in [2.45, 2.75) is 128 Å². The summed E-state index contributed by atoms with van der Waals surface area (Å²) < 4.78 is -1.91. The van der Waals surface area contributed by atoms with E-state index in [-0.39, 0.29) is 35.5 Å². The predicted molar refractivity (Wildman–Crippen MR) is 256 cm³/mol. The molecule has 6 rings (SSSR count). The number of nitrogens with one attached hydrogen (secondary N) is 2. The summed E-state index contributed by atoms with van der Waals surface area (Å²) in [5.41, 5.74) is 13.3. The van der Waals surface area contributed by atoms with Crippen LogP contribution in [0.1, 0.15) is 148 Å². The molecule has 2 N–H and O–H groups in total. The van der Waals surface area contributed by atoms with Crippen molar-refractivity contribution < 1.29 is 25.8 Å². The van der Waals surface area contributed by atoms with Crippen molar-refractivity contribution in [3.63, 3.8) is 0 Å². The van der Waals surface area contributed by atoms with Gasteiger partial charge in [0.25, 0.3) is 0 Å². The molecule has 0 fully saturated rings. The van der Waals surface area contributed by atoms with E-state index >= 15 is 0 Å². The molecule has 4 nitrogen and oxygen atoms in total. The topological polar surface area (TPSA) is 58.2 Å². The van der Waals surface area contributed by atoms with Gasteiger partial charge in [0.1, 0.15) is 0 Å². The third kappa shape index (κ3) is 8.74. The monoisotopic (exact) mass is 921 g/mol. The van der Waals surface area contributed by atoms with Crippen LogP contribution in [0.2, 0.25) is 0 Å². The van der Waals surface area contributed by atoms with Gasteiger partial charge < -0.3 is 0 Å². The first-order valence-electron chi connectivity index (χ1n) is 22.4. The maximum absolute atomic E-state index is 13.9. The molecule has 8 heteroatoms. The minimum absolute atomic E-state index is 0.200. The Balaban J connectivity index is 1.74. The van der Waals surface area contributed by atoms with Gasteiger partial charge >= 0.3 is 372 Å². The first-order valence-corrected chi connectivity index (χ1v) is 33.0. The van der Waals surface area contributed by atoms with Crippen LogP contribution in [-0.4, -0.2) is 16.3 Å². The Morgan fingerprint density at radius 3 is 1.28 bits per heavy atom. The van der Waals surface area contributed by atoms with E-state index in [0.29, 0.717) is 0 Å². The second-order valence-corrected chi connectivity index (χ2v) is 40.6. The fourth-order valence-electron chi connectivity index (χ4n) is 9.84. The van der Waals surface area contributed by atoms with Gasteiger partial charge in [-0.15, -0.1) is 0 Å². The molecule has 2 unspecified atom stereocenters. The molecule has 0 spiro atoms. The molecular formula is C52H66BCl2N2O2Zr. The molecule has 0 bridgehead atoms. The van der Waals surface area contributed by atoms with Crippen molar-refractivity contribution in [1.82, 2.24) is 10.5 Å². The van der Waals surface area contributed by atoms with E-state index in [4.69, 9.17) is 17.0 Å². The van der Waals surface area contributed by atoms with Crippen molar-refractivity contribution in [2.24, 2.45) is 10.8 Å². The molecule has 317 valence electrons. The quantitative estimate of drug-likeness (QED) is 0.117. The fourth-order valence-corrected chi connectivity index (χ4v) is 30.9. The Morgan fingerprint density at radius 2 is 0.933 bits per heavy atom. The van der Waals surface area contributed by atoms with Crippen molar-refractivity contribution in [1.29, 1.82) is 0 Å². The van der Waals surface area contributed by atoms with E-state index in [1.54, 1.807) is 0 Å². The van der Waals surface area contributed by atoms with Gasteiger partial charge in [-0.2, -0.15) is 0 Å². The van der Waals surface area contributed by atoms with Gasteiger partial charge in [0, 0.05) is 0 Å². The zero-order chi connectivity index (χ0) is 43.6. The summed E-state index contributed by atoms with van der Waals surface area (Å²) in [6, 6.07) is 30.7. The number of aryl methyl sites for hydroxylation is 2. The zero-order valence-corrected chi connectivity index (χ0v) is 41.7. The number of rotatable bonds is 15. The van der Waals surface area contributed by atoms with Crippen LogP contribution in [0.3, 0.4) is 0 Å². The van der Waals surface area contributed by atoms with Gasteiger partial charge in [-0.25, -0.2) is 0 Å². The number of fused-ring (bicyclic) bond motifs is 2. The Hall–Kier alpha value is -3.17. The summed E-state index contributed by atoms with van der Waals surface area (Å²) >= 11 is -6.18. The van der Waals surface area contributed by atoms with Crippen molar-refractivity contribution in [3.05, 3.63) is 129 Å². The summed E-state index contributed by atoms with van der Waals surface area (Å²) in [5, 5.41) is 6.67. The first kappa shape index (κ1) is 46.3. The zero-order valence-electron chi connectivity index (χ0n) is 37.7. The molecule has 0 radical (unpaired) electrons. The summed E-state index contributed by atoms with van der Waals surface area (Å²) in [5.74, 6) is -0.399. The fraction of sp³-hybridized carbons (Fsp3) is 0.423. The third-order valence-corrected chi connectivity index (χ3v) is 32.6. The number of hydrogen-bond donors (Lipinski definition) is 2. The maximum atomic E-state index is 13.9. The van der Waals surface area contributed by atoms with Gasteiger partial charge in [0.2, 0.25) is 0 Å². The number of carbonyl (C=O) groups is 2.